The van der Waals surface area contributed by atoms with E-state index in [1.54, 1.807) is 17.5 Å². The van der Waals surface area contributed by atoms with Crippen LogP contribution >= 0.6 is 11.3 Å². The molecular formula is C6H8N2O4S. The summed E-state index contributed by atoms with van der Waals surface area (Å²) < 4.78 is 0. The molecule has 0 spiro atoms. The predicted octanol–water partition coefficient (Wildman–Crippen LogP) is -0.0998. The maximum Gasteiger partial charge on any atom is 0.312 e. The van der Waals surface area contributed by atoms with Gasteiger partial charge in [-0.25, -0.2) is 5.48 Å². The van der Waals surface area contributed by atoms with Crippen LogP contribution in [0.3, 0.4) is 0 Å². The number of hydrogen-bond acceptors (Lipinski definition) is 6. The summed E-state index contributed by atoms with van der Waals surface area (Å²) in [6, 6.07) is 3.38. The van der Waals surface area contributed by atoms with E-state index in [2.05, 4.69) is 10.7 Å². The van der Waals surface area contributed by atoms with Crippen molar-refractivity contribution < 1.29 is 19.6 Å². The van der Waals surface area contributed by atoms with Crippen LogP contribution in [-0.4, -0.2) is 17.6 Å². The third-order valence-electron chi connectivity index (χ3n) is 0.902. The van der Waals surface area contributed by atoms with Crippen LogP contribution in [0.4, 0.5) is 0 Å². The van der Waals surface area contributed by atoms with Crippen molar-refractivity contribution in [1.82, 2.24) is 5.48 Å². The van der Waals surface area contributed by atoms with Gasteiger partial charge in [-0.1, -0.05) is 6.07 Å². The van der Waals surface area contributed by atoms with E-state index in [0.717, 1.165) is 0 Å². The summed E-state index contributed by atoms with van der Waals surface area (Å²) in [6.07, 6.45) is 0. The molecule has 0 aliphatic heterocycles. The van der Waals surface area contributed by atoms with E-state index < -0.39 is 5.91 Å². The van der Waals surface area contributed by atoms with Crippen molar-refractivity contribution in [3.63, 3.8) is 0 Å². The molecule has 1 aromatic heterocycles. The van der Waals surface area contributed by atoms with Crippen molar-refractivity contribution in [3.8, 4) is 0 Å². The second-order valence-electron chi connectivity index (χ2n) is 1.65. The van der Waals surface area contributed by atoms with E-state index >= 15 is 0 Å². The summed E-state index contributed by atoms with van der Waals surface area (Å²) in [5, 5.41) is 9.88. The second kappa shape index (κ2) is 7.22. The molecule has 0 aliphatic carbocycles. The molecule has 1 amide bonds. The van der Waals surface area contributed by atoms with Crippen LogP contribution in [0.2, 0.25) is 0 Å². The topological polar surface area (TPSA) is 102 Å². The summed E-state index contributed by atoms with van der Waals surface area (Å²) in [7, 11) is 0. The van der Waals surface area contributed by atoms with Gasteiger partial charge >= 0.3 is 6.47 Å². The Labute approximate surface area is 77.8 Å². The molecule has 0 unspecified atom stereocenters. The fraction of sp³-hybridized carbons (Fsp3) is 0. The van der Waals surface area contributed by atoms with Gasteiger partial charge in [-0.2, -0.15) is 5.90 Å². The number of hydroxylamine groups is 1. The standard InChI is InChI=1S/C5H5NO2S.CH3NO2/c7-5(6-8)4-2-1-3-9-4;2-4-1-3/h1-3,8H,(H,6,7);1H,2H2. The van der Waals surface area contributed by atoms with Gasteiger partial charge in [-0.15, -0.1) is 11.3 Å². The lowest BCUT2D eigenvalue weighted by atomic mass is 10.5. The van der Waals surface area contributed by atoms with Gasteiger partial charge in [-0.3, -0.25) is 14.8 Å². The average Bonchev–Trinajstić information content (AvgIpc) is 2.70. The van der Waals surface area contributed by atoms with Gasteiger partial charge in [0.2, 0.25) is 0 Å². The minimum Gasteiger partial charge on any atom is -0.376 e. The van der Waals surface area contributed by atoms with Gasteiger partial charge in [-0.05, 0) is 11.4 Å². The largest absolute Gasteiger partial charge is 0.376 e. The lowest BCUT2D eigenvalue weighted by Crippen LogP contribution is -2.16. The first-order valence-corrected chi connectivity index (χ1v) is 3.91. The zero-order valence-electron chi connectivity index (χ0n) is 6.47. The van der Waals surface area contributed by atoms with E-state index in [4.69, 9.17) is 10.0 Å². The Hall–Kier alpha value is -1.44. The normalized spacial score (nSPS) is 7.85. The third kappa shape index (κ3) is 4.90. The Morgan fingerprint density at radius 1 is 1.77 bits per heavy atom. The van der Waals surface area contributed by atoms with Crippen LogP contribution in [0.15, 0.2) is 17.5 Å². The quantitative estimate of drug-likeness (QED) is 0.354. The van der Waals surface area contributed by atoms with Crippen molar-refractivity contribution >= 4 is 23.7 Å². The minimum atomic E-state index is -0.454. The van der Waals surface area contributed by atoms with Crippen molar-refractivity contribution in [3.05, 3.63) is 22.4 Å². The molecule has 0 aliphatic rings. The molecule has 0 aromatic carbocycles. The van der Waals surface area contributed by atoms with Crippen LogP contribution in [0, 0.1) is 0 Å². The number of nitrogens with two attached hydrogens (primary N) is 1. The van der Waals surface area contributed by atoms with E-state index in [1.807, 2.05) is 0 Å². The number of thiophene rings is 1. The fourth-order valence-corrected chi connectivity index (χ4v) is 1.08. The summed E-state index contributed by atoms with van der Waals surface area (Å²) in [4.78, 5) is 23.2. The number of carbonyl (C=O) groups is 2. The van der Waals surface area contributed by atoms with Crippen LogP contribution in [0.25, 0.3) is 0 Å². The first-order valence-electron chi connectivity index (χ1n) is 3.03. The first-order chi connectivity index (χ1) is 6.26. The zero-order chi connectivity index (χ0) is 10.1. The number of hydrogen-bond donors (Lipinski definition) is 3. The minimum absolute atomic E-state index is 0.153. The van der Waals surface area contributed by atoms with Gasteiger partial charge in [0.15, 0.2) is 0 Å². The Bertz CT molecular complexity index is 249. The van der Waals surface area contributed by atoms with E-state index in [-0.39, 0.29) is 6.47 Å². The molecule has 0 bridgehead atoms. The van der Waals surface area contributed by atoms with Crippen LogP contribution in [0.1, 0.15) is 9.67 Å². The molecule has 72 valence electrons. The van der Waals surface area contributed by atoms with Crippen molar-refractivity contribution in [1.29, 1.82) is 0 Å². The monoisotopic (exact) mass is 204 g/mol. The molecule has 1 rings (SSSR count). The molecule has 1 aromatic rings. The molecule has 7 heteroatoms. The smallest absolute Gasteiger partial charge is 0.312 e. The number of amides is 1. The van der Waals surface area contributed by atoms with Gasteiger partial charge in [0, 0.05) is 0 Å². The Morgan fingerprint density at radius 2 is 2.38 bits per heavy atom. The lowest BCUT2D eigenvalue weighted by Gasteiger charge is -1.89. The number of rotatable bonds is 2. The fourth-order valence-electron chi connectivity index (χ4n) is 0.463. The summed E-state index contributed by atoms with van der Waals surface area (Å²) in [6.45, 7) is 0.153. The second-order valence-corrected chi connectivity index (χ2v) is 2.60. The Kier molecular flexibility index (Phi) is 6.42. The average molecular weight is 204 g/mol. The van der Waals surface area contributed by atoms with Gasteiger partial charge < -0.3 is 4.84 Å². The maximum atomic E-state index is 10.5. The van der Waals surface area contributed by atoms with Crippen molar-refractivity contribution in [2.45, 2.75) is 0 Å². The molecule has 0 fully saturated rings. The molecule has 6 nitrogen and oxygen atoms in total. The highest BCUT2D eigenvalue weighted by molar-refractivity contribution is 7.12. The molecule has 0 atom stereocenters. The number of nitrogens with one attached hydrogen (secondary N) is 1. The molecule has 1 heterocycles. The lowest BCUT2D eigenvalue weighted by molar-refractivity contribution is -0.129. The van der Waals surface area contributed by atoms with Crippen molar-refractivity contribution in [2.24, 2.45) is 5.90 Å². The van der Waals surface area contributed by atoms with E-state index in [0.29, 0.717) is 4.88 Å². The molecule has 13 heavy (non-hydrogen) atoms. The molecule has 4 N–H and O–H groups in total. The Balaban J connectivity index is 0.000000310. The van der Waals surface area contributed by atoms with Gasteiger partial charge in [0.25, 0.3) is 5.91 Å². The van der Waals surface area contributed by atoms with Gasteiger partial charge in [0.05, 0.1) is 4.88 Å². The molecular weight excluding hydrogens is 196 g/mol. The first kappa shape index (κ1) is 11.6. The molecule has 0 radical (unpaired) electrons. The zero-order valence-corrected chi connectivity index (χ0v) is 7.28. The SMILES string of the molecule is NOC=O.O=C(NO)c1cccs1. The Morgan fingerprint density at radius 3 is 2.69 bits per heavy atom. The third-order valence-corrected chi connectivity index (χ3v) is 1.77. The van der Waals surface area contributed by atoms with Crippen LogP contribution < -0.4 is 11.4 Å². The van der Waals surface area contributed by atoms with Crippen LogP contribution in [-0.2, 0) is 9.63 Å². The highest BCUT2D eigenvalue weighted by Gasteiger charge is 2.01. The van der Waals surface area contributed by atoms with E-state index in [1.165, 1.54) is 16.8 Å². The van der Waals surface area contributed by atoms with Crippen LogP contribution in [0.5, 0.6) is 0 Å². The van der Waals surface area contributed by atoms with Gasteiger partial charge in [0.1, 0.15) is 0 Å². The predicted molar refractivity (Wildman–Crippen MR) is 44.9 cm³/mol. The maximum absolute atomic E-state index is 10.5. The highest BCUT2D eigenvalue weighted by atomic mass is 32.1. The molecule has 0 saturated carbocycles. The van der Waals surface area contributed by atoms with E-state index in [9.17, 15) is 4.79 Å². The summed E-state index contributed by atoms with van der Waals surface area (Å²) >= 11 is 1.28. The highest BCUT2D eigenvalue weighted by Crippen LogP contribution is 2.06. The summed E-state index contributed by atoms with van der Waals surface area (Å²) in [5.74, 6) is 3.71. The number of carbonyl (C=O) groups excluding carboxylic acids is 2. The molecule has 0 saturated heterocycles. The van der Waals surface area contributed by atoms with Crippen molar-refractivity contribution in [2.75, 3.05) is 0 Å². The summed E-state index contributed by atoms with van der Waals surface area (Å²) in [5.41, 5.74) is 1.54.